The number of thioether (sulfide) groups is 1. The van der Waals surface area contributed by atoms with Gasteiger partial charge >= 0.3 is 0 Å². The molecule has 0 aliphatic carbocycles. The summed E-state index contributed by atoms with van der Waals surface area (Å²) in [4.78, 5) is 12.0. The Morgan fingerprint density at radius 1 is 1.14 bits per heavy atom. The van der Waals surface area contributed by atoms with E-state index in [1.165, 1.54) is 16.1 Å². The number of aryl methyl sites for hydroxylation is 1. The number of carbonyl (C=O) groups excluding carboxylic acids is 1. The smallest absolute Gasteiger partial charge is 0.232 e. The highest BCUT2D eigenvalue weighted by Gasteiger charge is 2.18. The first-order valence-electron chi connectivity index (χ1n) is 9.39. The van der Waals surface area contributed by atoms with Crippen molar-refractivity contribution in [2.24, 2.45) is 0 Å². The van der Waals surface area contributed by atoms with Gasteiger partial charge in [-0.2, -0.15) is 11.8 Å². The first-order chi connectivity index (χ1) is 13.8. The van der Waals surface area contributed by atoms with Crippen molar-refractivity contribution in [1.82, 2.24) is 5.32 Å². The van der Waals surface area contributed by atoms with Gasteiger partial charge < -0.3 is 5.32 Å². The third kappa shape index (κ3) is 8.28. The molecule has 0 heterocycles. The molecule has 29 heavy (non-hydrogen) atoms. The van der Waals surface area contributed by atoms with Gasteiger partial charge in [-0.1, -0.05) is 41.9 Å². The van der Waals surface area contributed by atoms with Crippen LogP contribution in [0.1, 0.15) is 24.0 Å². The highest BCUT2D eigenvalue weighted by Crippen LogP contribution is 2.22. The molecule has 158 valence electrons. The van der Waals surface area contributed by atoms with Crippen molar-refractivity contribution in [2.75, 3.05) is 29.4 Å². The summed E-state index contributed by atoms with van der Waals surface area (Å²) in [5.74, 6) is 1.62. The molecule has 0 bridgehead atoms. The molecule has 8 heteroatoms. The zero-order valence-corrected chi connectivity index (χ0v) is 19.1. The predicted molar refractivity (Wildman–Crippen MR) is 123 cm³/mol. The van der Waals surface area contributed by atoms with Gasteiger partial charge in [-0.05, 0) is 42.7 Å². The lowest BCUT2D eigenvalue weighted by Gasteiger charge is -2.24. The molecule has 2 rings (SSSR count). The first kappa shape index (κ1) is 23.6. The molecule has 0 aliphatic rings. The maximum absolute atomic E-state index is 12.2. The second-order valence-corrected chi connectivity index (χ2v) is 10.2. The molecule has 0 saturated heterocycles. The van der Waals surface area contributed by atoms with Crippen LogP contribution in [-0.2, 0) is 20.6 Å². The Balaban J connectivity index is 1.70. The predicted octanol–water partition coefficient (Wildman–Crippen LogP) is 4.24. The molecular formula is C21H27ClN2O3S2. The SMILES string of the molecule is Cc1ccccc1N(CCCC(=O)NCCSCc1ccc(Cl)cc1)S(C)(=O)=O. The summed E-state index contributed by atoms with van der Waals surface area (Å²) < 4.78 is 25.7. The van der Waals surface area contributed by atoms with E-state index in [4.69, 9.17) is 11.6 Å². The number of halogens is 1. The number of nitrogens with zero attached hydrogens (tertiary/aromatic N) is 1. The third-order valence-corrected chi connectivity index (χ3v) is 6.76. The third-order valence-electron chi connectivity index (χ3n) is 4.30. The van der Waals surface area contributed by atoms with Crippen molar-refractivity contribution >= 4 is 45.0 Å². The molecule has 2 aromatic rings. The van der Waals surface area contributed by atoms with Crippen molar-refractivity contribution in [2.45, 2.75) is 25.5 Å². The molecule has 0 atom stereocenters. The highest BCUT2D eigenvalue weighted by atomic mass is 35.5. The molecule has 0 fully saturated rings. The van der Waals surface area contributed by atoms with Gasteiger partial charge in [-0.25, -0.2) is 8.42 Å². The van der Waals surface area contributed by atoms with E-state index >= 15 is 0 Å². The minimum absolute atomic E-state index is 0.0599. The molecular weight excluding hydrogens is 428 g/mol. The largest absolute Gasteiger partial charge is 0.355 e. The Labute approximate surface area is 182 Å². The average molecular weight is 455 g/mol. The van der Waals surface area contributed by atoms with Crippen LogP contribution >= 0.6 is 23.4 Å². The Kier molecular flexibility index (Phi) is 9.33. The van der Waals surface area contributed by atoms with Crippen molar-refractivity contribution < 1.29 is 13.2 Å². The number of benzene rings is 2. The summed E-state index contributed by atoms with van der Waals surface area (Å²) >= 11 is 7.61. The van der Waals surface area contributed by atoms with E-state index in [1.54, 1.807) is 17.8 Å². The van der Waals surface area contributed by atoms with Crippen molar-refractivity contribution in [3.63, 3.8) is 0 Å². The molecule has 0 radical (unpaired) electrons. The number of para-hydroxylation sites is 1. The van der Waals surface area contributed by atoms with Gasteiger partial charge in [0.05, 0.1) is 11.9 Å². The summed E-state index contributed by atoms with van der Waals surface area (Å²) in [6, 6.07) is 15.1. The van der Waals surface area contributed by atoms with E-state index in [9.17, 15) is 13.2 Å². The number of hydrogen-bond acceptors (Lipinski definition) is 4. The fourth-order valence-corrected chi connectivity index (χ4v) is 4.78. The number of sulfonamides is 1. The van der Waals surface area contributed by atoms with Crippen LogP contribution in [0, 0.1) is 6.92 Å². The van der Waals surface area contributed by atoms with Crippen molar-refractivity contribution in [1.29, 1.82) is 0 Å². The number of nitrogens with one attached hydrogen (secondary N) is 1. The van der Waals surface area contributed by atoms with Crippen LogP contribution in [-0.4, -0.2) is 39.4 Å². The fraction of sp³-hybridized carbons (Fsp3) is 0.381. The van der Waals surface area contributed by atoms with Gasteiger partial charge in [0, 0.05) is 36.0 Å². The standard InChI is InChI=1S/C21H27ClN2O3S2/c1-17-6-3-4-7-20(17)24(29(2,26)27)14-5-8-21(25)23-13-15-28-16-18-9-11-19(22)12-10-18/h3-4,6-7,9-12H,5,8,13-16H2,1-2H3,(H,23,25). The van der Waals surface area contributed by atoms with E-state index in [0.29, 0.717) is 25.1 Å². The second-order valence-electron chi connectivity index (χ2n) is 6.75. The normalized spacial score (nSPS) is 11.3. The topological polar surface area (TPSA) is 66.5 Å². The fourth-order valence-electron chi connectivity index (χ4n) is 2.81. The Bertz CT molecular complexity index is 902. The summed E-state index contributed by atoms with van der Waals surface area (Å²) in [7, 11) is -3.40. The first-order valence-corrected chi connectivity index (χ1v) is 12.8. The summed E-state index contributed by atoms with van der Waals surface area (Å²) in [6.07, 6.45) is 1.95. The van der Waals surface area contributed by atoms with E-state index in [2.05, 4.69) is 5.32 Å². The van der Waals surface area contributed by atoms with Gasteiger partial charge in [0.2, 0.25) is 15.9 Å². The van der Waals surface area contributed by atoms with Crippen molar-refractivity contribution in [3.05, 3.63) is 64.7 Å². The molecule has 0 unspecified atom stereocenters. The maximum Gasteiger partial charge on any atom is 0.232 e. The maximum atomic E-state index is 12.2. The van der Waals surface area contributed by atoms with Gasteiger partial charge in [-0.3, -0.25) is 9.10 Å². The van der Waals surface area contributed by atoms with Gasteiger partial charge in [0.1, 0.15) is 0 Å². The van der Waals surface area contributed by atoms with E-state index < -0.39 is 10.0 Å². The molecule has 2 aromatic carbocycles. The number of amides is 1. The highest BCUT2D eigenvalue weighted by molar-refractivity contribution is 7.98. The quantitative estimate of drug-likeness (QED) is 0.515. The number of anilines is 1. The number of hydrogen-bond donors (Lipinski definition) is 1. The average Bonchev–Trinajstić information content (AvgIpc) is 2.66. The summed E-state index contributed by atoms with van der Waals surface area (Å²) in [5.41, 5.74) is 2.75. The molecule has 5 nitrogen and oxygen atoms in total. The van der Waals surface area contributed by atoms with Gasteiger partial charge in [0.15, 0.2) is 0 Å². The molecule has 0 saturated carbocycles. The van der Waals surface area contributed by atoms with Crippen LogP contribution in [0.3, 0.4) is 0 Å². The minimum atomic E-state index is -3.40. The van der Waals surface area contributed by atoms with E-state index in [1.807, 2.05) is 49.4 Å². The zero-order valence-electron chi connectivity index (χ0n) is 16.7. The summed E-state index contributed by atoms with van der Waals surface area (Å²) in [5, 5.41) is 3.62. The van der Waals surface area contributed by atoms with Crippen LogP contribution in [0.2, 0.25) is 5.02 Å². The molecule has 1 N–H and O–H groups in total. The van der Waals surface area contributed by atoms with Crippen LogP contribution in [0.15, 0.2) is 48.5 Å². The number of rotatable bonds is 11. The van der Waals surface area contributed by atoms with E-state index in [0.717, 1.165) is 22.1 Å². The lowest BCUT2D eigenvalue weighted by atomic mass is 10.2. The van der Waals surface area contributed by atoms with Crippen molar-refractivity contribution in [3.8, 4) is 0 Å². The molecule has 0 aliphatic heterocycles. The van der Waals surface area contributed by atoms with Crippen LogP contribution in [0.25, 0.3) is 0 Å². The summed E-state index contributed by atoms with van der Waals surface area (Å²) in [6.45, 7) is 2.75. The number of carbonyl (C=O) groups is 1. The van der Waals surface area contributed by atoms with Crippen LogP contribution < -0.4 is 9.62 Å². The Morgan fingerprint density at radius 3 is 2.48 bits per heavy atom. The van der Waals surface area contributed by atoms with Gasteiger partial charge in [-0.15, -0.1) is 0 Å². The Morgan fingerprint density at radius 2 is 1.83 bits per heavy atom. The molecule has 1 amide bonds. The lowest BCUT2D eigenvalue weighted by Crippen LogP contribution is -2.33. The zero-order chi connectivity index (χ0) is 21.3. The van der Waals surface area contributed by atoms with Crippen LogP contribution in [0.4, 0.5) is 5.69 Å². The van der Waals surface area contributed by atoms with Crippen LogP contribution in [0.5, 0.6) is 0 Å². The Hall–Kier alpha value is -1.70. The molecule has 0 aromatic heterocycles. The van der Waals surface area contributed by atoms with Gasteiger partial charge in [0.25, 0.3) is 0 Å². The lowest BCUT2D eigenvalue weighted by molar-refractivity contribution is -0.121. The van der Waals surface area contributed by atoms with E-state index in [-0.39, 0.29) is 12.5 Å². The second kappa shape index (κ2) is 11.5. The monoisotopic (exact) mass is 454 g/mol. The minimum Gasteiger partial charge on any atom is -0.355 e. The molecule has 0 spiro atoms.